The van der Waals surface area contributed by atoms with Crippen molar-refractivity contribution in [3.8, 4) is 11.1 Å². The molecular weight excluding hydrogens is 494 g/mol. The second-order valence-corrected chi connectivity index (χ2v) is 10.9. The highest BCUT2D eigenvalue weighted by Gasteiger charge is 2.17. The Bertz CT molecular complexity index is 1730. The molecule has 1 unspecified atom stereocenters. The number of nitrogens with zero attached hydrogens (tertiary/aromatic N) is 1. The van der Waals surface area contributed by atoms with Crippen LogP contribution >= 0.6 is 0 Å². The lowest BCUT2D eigenvalue weighted by Gasteiger charge is -2.26. The van der Waals surface area contributed by atoms with Gasteiger partial charge in [-0.25, -0.2) is 0 Å². The van der Waals surface area contributed by atoms with E-state index in [9.17, 15) is 0 Å². The Kier molecular flexibility index (Phi) is 7.52. The van der Waals surface area contributed by atoms with Crippen molar-refractivity contribution >= 4 is 17.1 Å². The molecule has 0 aliphatic rings. The molecular formula is C40H35N. The first kappa shape index (κ1) is 26.3. The molecule has 200 valence electrons. The second kappa shape index (κ2) is 11.7. The fourth-order valence-corrected chi connectivity index (χ4v) is 5.65. The highest BCUT2D eigenvalue weighted by molar-refractivity contribution is 5.78. The summed E-state index contributed by atoms with van der Waals surface area (Å²) in [6.45, 7) is 6.44. The molecule has 0 amide bonds. The smallest absolute Gasteiger partial charge is 0.0464 e. The van der Waals surface area contributed by atoms with E-state index in [1.807, 2.05) is 0 Å². The summed E-state index contributed by atoms with van der Waals surface area (Å²) in [6.07, 6.45) is 0. The monoisotopic (exact) mass is 529 g/mol. The first-order valence-electron chi connectivity index (χ1n) is 14.3. The molecule has 0 aromatic heterocycles. The fourth-order valence-electron chi connectivity index (χ4n) is 5.65. The van der Waals surface area contributed by atoms with Crippen molar-refractivity contribution in [3.05, 3.63) is 185 Å². The third-order valence-electron chi connectivity index (χ3n) is 7.76. The van der Waals surface area contributed by atoms with Crippen LogP contribution in [0.3, 0.4) is 0 Å². The summed E-state index contributed by atoms with van der Waals surface area (Å²) < 4.78 is 0. The van der Waals surface area contributed by atoms with Crippen molar-refractivity contribution in [2.45, 2.75) is 26.7 Å². The second-order valence-electron chi connectivity index (χ2n) is 10.9. The summed E-state index contributed by atoms with van der Waals surface area (Å²) in [5.41, 5.74) is 13.6. The van der Waals surface area contributed by atoms with Crippen LogP contribution in [0.25, 0.3) is 11.1 Å². The summed E-state index contributed by atoms with van der Waals surface area (Å²) in [5, 5.41) is 0. The topological polar surface area (TPSA) is 3.24 Å². The zero-order valence-electron chi connectivity index (χ0n) is 24.0. The zero-order valence-corrected chi connectivity index (χ0v) is 24.0. The number of benzene rings is 6. The van der Waals surface area contributed by atoms with Gasteiger partial charge in [0.15, 0.2) is 0 Å². The summed E-state index contributed by atoms with van der Waals surface area (Å²) in [6, 6.07) is 55.1. The number of anilines is 3. The third kappa shape index (κ3) is 5.85. The Morgan fingerprint density at radius 2 is 0.878 bits per heavy atom. The maximum atomic E-state index is 2.33. The number of aryl methyl sites for hydroxylation is 3. The first-order chi connectivity index (χ1) is 20.0. The molecule has 0 spiro atoms. The molecule has 6 aromatic carbocycles. The maximum absolute atomic E-state index is 2.33. The summed E-state index contributed by atoms with van der Waals surface area (Å²) in [4.78, 5) is 2.33. The van der Waals surface area contributed by atoms with E-state index >= 15 is 0 Å². The molecule has 0 heterocycles. The minimum absolute atomic E-state index is 0.199. The van der Waals surface area contributed by atoms with Crippen molar-refractivity contribution in [2.75, 3.05) is 4.90 Å². The van der Waals surface area contributed by atoms with Gasteiger partial charge in [-0.2, -0.15) is 0 Å². The van der Waals surface area contributed by atoms with E-state index in [0.29, 0.717) is 0 Å². The quantitative estimate of drug-likeness (QED) is 0.186. The van der Waals surface area contributed by atoms with Crippen LogP contribution in [0.1, 0.15) is 39.3 Å². The third-order valence-corrected chi connectivity index (χ3v) is 7.76. The molecule has 0 saturated carbocycles. The van der Waals surface area contributed by atoms with E-state index in [2.05, 4.69) is 177 Å². The van der Waals surface area contributed by atoms with Crippen LogP contribution < -0.4 is 4.90 Å². The first-order valence-corrected chi connectivity index (χ1v) is 14.3. The minimum Gasteiger partial charge on any atom is -0.310 e. The Labute approximate surface area is 244 Å². The van der Waals surface area contributed by atoms with Crippen LogP contribution in [-0.2, 0) is 0 Å². The van der Waals surface area contributed by atoms with E-state index in [1.54, 1.807) is 0 Å². The molecule has 6 rings (SSSR count). The lowest BCUT2D eigenvalue weighted by atomic mass is 9.84. The summed E-state index contributed by atoms with van der Waals surface area (Å²) in [7, 11) is 0. The number of hydrogen-bond donors (Lipinski definition) is 0. The average molecular weight is 530 g/mol. The van der Waals surface area contributed by atoms with Gasteiger partial charge in [0, 0.05) is 23.0 Å². The SMILES string of the molecule is Cc1ccc(N(c2ccc(-c3ccc(C(c4ccccc4)c4cccc(C)c4)cc3)cc2)c2cccc(C)c2)cc1. The molecule has 0 aliphatic heterocycles. The largest absolute Gasteiger partial charge is 0.310 e. The molecule has 0 aliphatic carbocycles. The van der Waals surface area contributed by atoms with Gasteiger partial charge in [0.05, 0.1) is 0 Å². The maximum Gasteiger partial charge on any atom is 0.0464 e. The fraction of sp³-hybridized carbons (Fsp3) is 0.100. The van der Waals surface area contributed by atoms with Crippen LogP contribution in [0.2, 0.25) is 0 Å². The van der Waals surface area contributed by atoms with Crippen LogP contribution in [0.15, 0.2) is 152 Å². The van der Waals surface area contributed by atoms with Gasteiger partial charge in [0.1, 0.15) is 0 Å². The molecule has 1 atom stereocenters. The van der Waals surface area contributed by atoms with Crippen molar-refractivity contribution in [3.63, 3.8) is 0 Å². The van der Waals surface area contributed by atoms with Crippen LogP contribution in [0.4, 0.5) is 17.1 Å². The molecule has 41 heavy (non-hydrogen) atoms. The average Bonchev–Trinajstić information content (AvgIpc) is 3.00. The van der Waals surface area contributed by atoms with Gasteiger partial charge in [0.2, 0.25) is 0 Å². The zero-order chi connectivity index (χ0) is 28.2. The van der Waals surface area contributed by atoms with Gasteiger partial charge in [-0.3, -0.25) is 0 Å². The van der Waals surface area contributed by atoms with Crippen molar-refractivity contribution in [1.82, 2.24) is 0 Å². The van der Waals surface area contributed by atoms with E-state index < -0.39 is 0 Å². The van der Waals surface area contributed by atoms with Gasteiger partial charge in [-0.1, -0.05) is 126 Å². The number of rotatable bonds is 7. The van der Waals surface area contributed by atoms with Gasteiger partial charge in [0.25, 0.3) is 0 Å². The van der Waals surface area contributed by atoms with Crippen molar-refractivity contribution in [1.29, 1.82) is 0 Å². The van der Waals surface area contributed by atoms with Gasteiger partial charge >= 0.3 is 0 Å². The van der Waals surface area contributed by atoms with Crippen molar-refractivity contribution in [2.24, 2.45) is 0 Å². The molecule has 0 radical (unpaired) electrons. The molecule has 6 aromatic rings. The Morgan fingerprint density at radius 3 is 1.49 bits per heavy atom. The molecule has 1 nitrogen and oxygen atoms in total. The summed E-state index contributed by atoms with van der Waals surface area (Å²) in [5.74, 6) is 0.199. The molecule has 1 heteroatoms. The molecule has 0 bridgehead atoms. The Balaban J connectivity index is 1.32. The predicted molar refractivity (Wildman–Crippen MR) is 175 cm³/mol. The normalized spacial score (nSPS) is 11.7. The van der Waals surface area contributed by atoms with Crippen molar-refractivity contribution < 1.29 is 0 Å². The van der Waals surface area contributed by atoms with Gasteiger partial charge in [-0.05, 0) is 90.6 Å². The lowest BCUT2D eigenvalue weighted by Crippen LogP contribution is -2.10. The van der Waals surface area contributed by atoms with Crippen LogP contribution in [0, 0.1) is 20.8 Å². The molecule has 0 fully saturated rings. The Morgan fingerprint density at radius 1 is 0.366 bits per heavy atom. The standard InChI is InChI=1S/C40H35N/c1-29-15-23-37(24-16-29)41(39-14-8-10-31(3)28-39)38-25-21-33(22-26-38)32-17-19-35(20-18-32)40(34-11-5-4-6-12-34)36-13-7-9-30(2)27-36/h4-28,40H,1-3H3. The molecule has 0 saturated heterocycles. The van der Waals surface area contributed by atoms with Gasteiger partial charge < -0.3 is 4.90 Å². The van der Waals surface area contributed by atoms with Crippen LogP contribution in [0.5, 0.6) is 0 Å². The predicted octanol–water partition coefficient (Wildman–Crippen LogP) is 10.9. The van der Waals surface area contributed by atoms with E-state index in [0.717, 1.165) is 17.1 Å². The Hall–Kier alpha value is -4.88. The van der Waals surface area contributed by atoms with E-state index in [-0.39, 0.29) is 5.92 Å². The minimum atomic E-state index is 0.199. The van der Waals surface area contributed by atoms with Crippen LogP contribution in [-0.4, -0.2) is 0 Å². The highest BCUT2D eigenvalue weighted by atomic mass is 15.1. The highest BCUT2D eigenvalue weighted by Crippen LogP contribution is 2.37. The summed E-state index contributed by atoms with van der Waals surface area (Å²) >= 11 is 0. The molecule has 0 N–H and O–H groups in total. The van der Waals surface area contributed by atoms with E-state index in [1.165, 1.54) is 44.5 Å². The lowest BCUT2D eigenvalue weighted by molar-refractivity contribution is 0.975. The number of hydrogen-bond acceptors (Lipinski definition) is 1. The van der Waals surface area contributed by atoms with Gasteiger partial charge in [-0.15, -0.1) is 0 Å². The van der Waals surface area contributed by atoms with E-state index in [4.69, 9.17) is 0 Å².